The summed E-state index contributed by atoms with van der Waals surface area (Å²) in [6.45, 7) is 2.95. The van der Waals surface area contributed by atoms with Crippen molar-refractivity contribution in [2.45, 2.75) is 25.8 Å². The molecule has 0 saturated carbocycles. The highest BCUT2D eigenvalue weighted by Gasteiger charge is 2.45. The van der Waals surface area contributed by atoms with Gasteiger partial charge in [0, 0.05) is 6.54 Å². The number of thiocarbonyl (C=S) groups is 1. The van der Waals surface area contributed by atoms with E-state index in [1.807, 2.05) is 31.2 Å². The Morgan fingerprint density at radius 1 is 1.29 bits per heavy atom. The third-order valence-corrected chi connectivity index (χ3v) is 3.90. The van der Waals surface area contributed by atoms with Gasteiger partial charge in [-0.2, -0.15) is 0 Å². The number of aryl methyl sites for hydroxylation is 1. The molecule has 0 N–H and O–H groups in total. The van der Waals surface area contributed by atoms with Gasteiger partial charge >= 0.3 is 0 Å². The summed E-state index contributed by atoms with van der Waals surface area (Å²) < 4.78 is 0. The maximum absolute atomic E-state index is 12.3. The quantitative estimate of drug-likeness (QED) is 0.709. The average Bonchev–Trinajstić information content (AvgIpc) is 2.87. The number of amides is 1. The number of benzene rings is 1. The van der Waals surface area contributed by atoms with Crippen molar-refractivity contribution in [3.8, 4) is 0 Å². The zero-order valence-electron chi connectivity index (χ0n) is 9.72. The fourth-order valence-electron chi connectivity index (χ4n) is 2.56. The molecule has 0 spiro atoms. The lowest BCUT2D eigenvalue weighted by molar-refractivity contribution is -0.119. The lowest BCUT2D eigenvalue weighted by Crippen LogP contribution is -2.32. The Morgan fingerprint density at radius 3 is 2.65 bits per heavy atom. The smallest absolute Gasteiger partial charge is 0.256 e. The minimum Gasteiger partial charge on any atom is -0.336 e. The van der Waals surface area contributed by atoms with Gasteiger partial charge in [-0.25, -0.2) is 0 Å². The lowest BCUT2D eigenvalue weighted by Gasteiger charge is -2.18. The number of hydrogen-bond acceptors (Lipinski definition) is 2. The molecule has 2 aliphatic heterocycles. The Morgan fingerprint density at radius 2 is 2.00 bits per heavy atom. The Kier molecular flexibility index (Phi) is 2.40. The van der Waals surface area contributed by atoms with E-state index in [-0.39, 0.29) is 11.9 Å². The van der Waals surface area contributed by atoms with Crippen LogP contribution in [0, 0.1) is 6.92 Å². The summed E-state index contributed by atoms with van der Waals surface area (Å²) in [6, 6.07) is 7.93. The van der Waals surface area contributed by atoms with Crippen molar-refractivity contribution in [2.75, 3.05) is 11.4 Å². The van der Waals surface area contributed by atoms with E-state index in [2.05, 4.69) is 4.90 Å². The van der Waals surface area contributed by atoms with E-state index in [0.717, 1.165) is 25.1 Å². The number of nitrogens with zero attached hydrogens (tertiary/aromatic N) is 2. The molecule has 0 bridgehead atoms. The molecule has 3 rings (SSSR count). The van der Waals surface area contributed by atoms with E-state index < -0.39 is 0 Å². The number of hydrogen-bond donors (Lipinski definition) is 0. The number of rotatable bonds is 1. The molecule has 4 heteroatoms. The maximum atomic E-state index is 12.3. The number of anilines is 1. The highest BCUT2D eigenvalue weighted by atomic mass is 32.1. The highest BCUT2D eigenvalue weighted by Crippen LogP contribution is 2.31. The average molecular weight is 246 g/mol. The number of carbonyl (C=O) groups is 1. The normalized spacial score (nSPS) is 23.5. The summed E-state index contributed by atoms with van der Waals surface area (Å²) in [4.78, 5) is 16.0. The van der Waals surface area contributed by atoms with Crippen molar-refractivity contribution >= 4 is 28.9 Å². The third-order valence-electron chi connectivity index (χ3n) is 3.49. The van der Waals surface area contributed by atoms with Gasteiger partial charge in [-0.05, 0) is 44.1 Å². The second kappa shape index (κ2) is 3.81. The van der Waals surface area contributed by atoms with Gasteiger partial charge in [0.25, 0.3) is 5.91 Å². The van der Waals surface area contributed by atoms with Crippen LogP contribution in [0.3, 0.4) is 0 Å². The van der Waals surface area contributed by atoms with Crippen molar-refractivity contribution in [3.63, 3.8) is 0 Å². The lowest BCUT2D eigenvalue weighted by atomic mass is 10.2. The van der Waals surface area contributed by atoms with Gasteiger partial charge in [-0.1, -0.05) is 17.7 Å². The molecule has 3 nitrogen and oxygen atoms in total. The van der Waals surface area contributed by atoms with Gasteiger partial charge < -0.3 is 4.90 Å². The first kappa shape index (κ1) is 10.7. The Bertz CT molecular complexity index is 461. The molecule has 0 radical (unpaired) electrons. The Hall–Kier alpha value is -1.42. The first-order valence-electron chi connectivity index (χ1n) is 5.90. The van der Waals surface area contributed by atoms with Gasteiger partial charge in [0.15, 0.2) is 5.11 Å². The molecule has 1 aromatic rings. The molecule has 2 heterocycles. The van der Waals surface area contributed by atoms with Gasteiger partial charge in [-0.15, -0.1) is 0 Å². The molecule has 1 amide bonds. The van der Waals surface area contributed by atoms with Crippen molar-refractivity contribution in [2.24, 2.45) is 0 Å². The van der Waals surface area contributed by atoms with Gasteiger partial charge in [0.2, 0.25) is 0 Å². The largest absolute Gasteiger partial charge is 0.336 e. The zero-order chi connectivity index (χ0) is 12.0. The fraction of sp³-hybridized carbons (Fsp3) is 0.385. The van der Waals surface area contributed by atoms with Crippen molar-refractivity contribution in [3.05, 3.63) is 29.8 Å². The first-order valence-corrected chi connectivity index (χ1v) is 6.30. The summed E-state index contributed by atoms with van der Waals surface area (Å²) >= 11 is 5.40. The van der Waals surface area contributed by atoms with Crippen LogP contribution in [0.2, 0.25) is 0 Å². The van der Waals surface area contributed by atoms with E-state index >= 15 is 0 Å². The van der Waals surface area contributed by atoms with Gasteiger partial charge in [0.05, 0.1) is 5.69 Å². The van der Waals surface area contributed by atoms with Crippen LogP contribution < -0.4 is 4.90 Å². The summed E-state index contributed by atoms with van der Waals surface area (Å²) in [5, 5.41) is 0.668. The standard InChI is InChI=1S/C13H14N2OS/c1-9-4-6-10(7-5-9)15-12(16)11-3-2-8-14(11)13(15)17/h4-7,11H,2-3,8H2,1H3/t11-/m0/s1. The van der Waals surface area contributed by atoms with E-state index in [1.54, 1.807) is 4.90 Å². The first-order chi connectivity index (χ1) is 8.18. The van der Waals surface area contributed by atoms with Crippen LogP contribution in [0.1, 0.15) is 18.4 Å². The van der Waals surface area contributed by atoms with Crippen LogP contribution in [0.15, 0.2) is 24.3 Å². The minimum atomic E-state index is -0.0104. The molecule has 0 unspecified atom stereocenters. The molecule has 1 aromatic carbocycles. The van der Waals surface area contributed by atoms with Crippen molar-refractivity contribution < 1.29 is 4.79 Å². The summed E-state index contributed by atoms with van der Waals surface area (Å²) in [5.74, 6) is 0.136. The molecule has 1 atom stereocenters. The van der Waals surface area contributed by atoms with Crippen LogP contribution in [0.25, 0.3) is 0 Å². The fourth-order valence-corrected chi connectivity index (χ4v) is 2.97. The van der Waals surface area contributed by atoms with Gasteiger partial charge in [0.1, 0.15) is 6.04 Å². The number of carbonyl (C=O) groups excluding carboxylic acids is 1. The van der Waals surface area contributed by atoms with Crippen LogP contribution in [-0.4, -0.2) is 28.5 Å². The zero-order valence-corrected chi connectivity index (χ0v) is 10.5. The predicted octanol–water partition coefficient (Wildman–Crippen LogP) is 2.09. The van der Waals surface area contributed by atoms with E-state index in [1.165, 1.54) is 5.56 Å². The second-order valence-electron chi connectivity index (χ2n) is 4.64. The maximum Gasteiger partial charge on any atom is 0.256 e. The monoisotopic (exact) mass is 246 g/mol. The Balaban J connectivity index is 1.96. The van der Waals surface area contributed by atoms with E-state index in [4.69, 9.17) is 12.2 Å². The van der Waals surface area contributed by atoms with Crippen LogP contribution in [0.5, 0.6) is 0 Å². The van der Waals surface area contributed by atoms with Crippen LogP contribution in [0.4, 0.5) is 5.69 Å². The summed E-state index contributed by atoms with van der Waals surface area (Å²) in [6.07, 6.45) is 2.00. The van der Waals surface area contributed by atoms with E-state index in [9.17, 15) is 4.79 Å². The molecule has 17 heavy (non-hydrogen) atoms. The Labute approximate surface area is 106 Å². The predicted molar refractivity (Wildman–Crippen MR) is 71.0 cm³/mol. The van der Waals surface area contributed by atoms with Gasteiger partial charge in [-0.3, -0.25) is 9.69 Å². The van der Waals surface area contributed by atoms with E-state index in [0.29, 0.717) is 5.11 Å². The molecule has 88 valence electrons. The summed E-state index contributed by atoms with van der Waals surface area (Å²) in [5.41, 5.74) is 2.08. The minimum absolute atomic E-state index is 0.0104. The van der Waals surface area contributed by atoms with Crippen molar-refractivity contribution in [1.29, 1.82) is 0 Å². The SMILES string of the molecule is Cc1ccc(N2C(=O)[C@@H]3CCCN3C2=S)cc1. The molecule has 2 fully saturated rings. The molecule has 0 aliphatic carbocycles. The van der Waals surface area contributed by atoms with Crippen LogP contribution >= 0.6 is 12.2 Å². The summed E-state index contributed by atoms with van der Waals surface area (Å²) in [7, 11) is 0. The second-order valence-corrected chi connectivity index (χ2v) is 5.01. The van der Waals surface area contributed by atoms with Crippen LogP contribution in [-0.2, 0) is 4.79 Å². The molecular weight excluding hydrogens is 232 g/mol. The molecular formula is C13H14N2OS. The molecule has 0 aromatic heterocycles. The molecule has 2 aliphatic rings. The topological polar surface area (TPSA) is 23.6 Å². The number of fused-ring (bicyclic) bond motifs is 1. The highest BCUT2D eigenvalue weighted by molar-refractivity contribution is 7.80. The molecule has 2 saturated heterocycles. The van der Waals surface area contributed by atoms with Crippen molar-refractivity contribution in [1.82, 2.24) is 4.90 Å². The third kappa shape index (κ3) is 1.55.